The Hall–Kier alpha value is -2.19. The maximum atomic E-state index is 13.4. The second-order valence-electron chi connectivity index (χ2n) is 10.2. The number of imidazole rings is 1. The first-order chi connectivity index (χ1) is 16.1. The molecule has 1 unspecified atom stereocenters. The van der Waals surface area contributed by atoms with Gasteiger partial charge in [-0.2, -0.15) is 0 Å². The molecule has 188 valence electrons. The Morgan fingerprint density at radius 1 is 1.21 bits per heavy atom. The third kappa shape index (κ3) is 6.92. The maximum Gasteiger partial charge on any atom is 0.228 e. The Kier molecular flexibility index (Phi) is 8.93. The summed E-state index contributed by atoms with van der Waals surface area (Å²) in [5, 5.41) is 0.0767. The van der Waals surface area contributed by atoms with Crippen molar-refractivity contribution in [2.45, 2.75) is 84.0 Å². The van der Waals surface area contributed by atoms with Gasteiger partial charge in [0.1, 0.15) is 0 Å². The fourth-order valence-corrected chi connectivity index (χ4v) is 5.93. The van der Waals surface area contributed by atoms with Crippen LogP contribution in [0.1, 0.15) is 63.8 Å². The molecule has 1 amide bonds. The second kappa shape index (κ2) is 11.5. The summed E-state index contributed by atoms with van der Waals surface area (Å²) >= 11 is 0. The van der Waals surface area contributed by atoms with Crippen LogP contribution >= 0.6 is 0 Å². The Morgan fingerprint density at radius 3 is 2.56 bits per heavy atom. The number of aromatic nitrogens is 2. The molecule has 0 aliphatic carbocycles. The van der Waals surface area contributed by atoms with E-state index in [0.717, 1.165) is 36.3 Å². The lowest BCUT2D eigenvalue weighted by atomic mass is 10.1. The van der Waals surface area contributed by atoms with Gasteiger partial charge in [-0.1, -0.05) is 52.0 Å². The number of rotatable bonds is 11. The van der Waals surface area contributed by atoms with Gasteiger partial charge in [-0.25, -0.2) is 13.4 Å². The van der Waals surface area contributed by atoms with Crippen molar-refractivity contribution in [1.29, 1.82) is 0 Å². The summed E-state index contributed by atoms with van der Waals surface area (Å²) in [6.45, 7) is 12.2. The number of sulfone groups is 1. The van der Waals surface area contributed by atoms with Gasteiger partial charge in [0.15, 0.2) is 0 Å². The van der Waals surface area contributed by atoms with Crippen LogP contribution in [0.2, 0.25) is 0 Å². The molecule has 1 aliphatic rings. The van der Waals surface area contributed by atoms with E-state index in [-0.39, 0.29) is 34.8 Å². The number of aryl methyl sites for hydroxylation is 1. The van der Waals surface area contributed by atoms with E-state index < -0.39 is 9.84 Å². The highest BCUT2D eigenvalue weighted by Gasteiger charge is 2.28. The number of benzene rings is 1. The molecule has 2 aromatic rings. The summed E-state index contributed by atoms with van der Waals surface area (Å²) in [5.74, 6) is 0.427. The molecule has 8 heteroatoms. The zero-order valence-corrected chi connectivity index (χ0v) is 22.0. The number of nitrogens with zero attached hydrogens (tertiary/aromatic N) is 3. The number of ether oxygens (including phenoxy) is 1. The first kappa shape index (κ1) is 26.4. The van der Waals surface area contributed by atoms with Crippen molar-refractivity contribution >= 4 is 15.7 Å². The van der Waals surface area contributed by atoms with Gasteiger partial charge < -0.3 is 14.2 Å². The highest BCUT2D eigenvalue weighted by atomic mass is 32.2. The topological polar surface area (TPSA) is 81.5 Å². The molecule has 2 heterocycles. The number of amides is 1. The lowest BCUT2D eigenvalue weighted by Gasteiger charge is -2.27. The smallest absolute Gasteiger partial charge is 0.228 e. The molecule has 0 bridgehead atoms. The van der Waals surface area contributed by atoms with Crippen LogP contribution in [0.3, 0.4) is 0 Å². The van der Waals surface area contributed by atoms with E-state index in [1.165, 1.54) is 0 Å². The molecular formula is C26H39N3O4S. The zero-order chi connectivity index (χ0) is 24.9. The zero-order valence-electron chi connectivity index (χ0n) is 21.2. The van der Waals surface area contributed by atoms with Crippen LogP contribution in [0, 0.1) is 18.8 Å². The first-order valence-electron chi connectivity index (χ1n) is 12.3. The molecule has 0 radical (unpaired) electrons. The minimum atomic E-state index is -3.66. The van der Waals surface area contributed by atoms with E-state index in [9.17, 15) is 13.2 Å². The fourth-order valence-electron chi connectivity index (χ4n) is 4.33. The highest BCUT2D eigenvalue weighted by molar-refractivity contribution is 7.90. The molecule has 1 aromatic heterocycles. The van der Waals surface area contributed by atoms with Crippen LogP contribution in [0.15, 0.2) is 35.6 Å². The van der Waals surface area contributed by atoms with Crippen LogP contribution in [0.25, 0.3) is 0 Å². The summed E-state index contributed by atoms with van der Waals surface area (Å²) in [6, 6.07) is 7.52. The van der Waals surface area contributed by atoms with Crippen LogP contribution < -0.4 is 0 Å². The normalized spacial score (nSPS) is 16.5. The van der Waals surface area contributed by atoms with E-state index in [0.29, 0.717) is 26.1 Å². The van der Waals surface area contributed by atoms with Crippen molar-refractivity contribution in [2.24, 2.45) is 11.8 Å². The van der Waals surface area contributed by atoms with Crippen molar-refractivity contribution in [3.63, 3.8) is 0 Å². The Morgan fingerprint density at radius 2 is 1.94 bits per heavy atom. The molecule has 34 heavy (non-hydrogen) atoms. The standard InChI is InChI=1S/C26H39N3O4S/c1-19(2)13-25(30)28(17-24-11-8-12-33-24)16-23-14-27-26(29(23)15-20(3)4)34(31,32)18-22-10-7-6-9-21(22)5/h6-7,9-10,14,19-20,24H,8,11-13,15-18H2,1-5H3. The summed E-state index contributed by atoms with van der Waals surface area (Å²) in [7, 11) is -3.66. The van der Waals surface area contributed by atoms with Gasteiger partial charge in [-0.15, -0.1) is 0 Å². The first-order valence-corrected chi connectivity index (χ1v) is 13.9. The minimum Gasteiger partial charge on any atom is -0.376 e. The number of hydrogen-bond donors (Lipinski definition) is 0. The molecule has 1 saturated heterocycles. The molecule has 1 atom stereocenters. The molecule has 0 N–H and O–H groups in total. The number of hydrogen-bond acceptors (Lipinski definition) is 5. The summed E-state index contributed by atoms with van der Waals surface area (Å²) in [4.78, 5) is 19.3. The molecule has 1 fully saturated rings. The fraction of sp³-hybridized carbons (Fsp3) is 0.615. The van der Waals surface area contributed by atoms with Crippen LogP contribution in [-0.2, 0) is 38.2 Å². The van der Waals surface area contributed by atoms with Gasteiger partial charge in [-0.05, 0) is 42.7 Å². The van der Waals surface area contributed by atoms with Gasteiger partial charge in [0, 0.05) is 26.1 Å². The van der Waals surface area contributed by atoms with E-state index in [4.69, 9.17) is 4.74 Å². The average molecular weight is 490 g/mol. The minimum absolute atomic E-state index is 0.0295. The summed E-state index contributed by atoms with van der Waals surface area (Å²) < 4.78 is 34.4. The van der Waals surface area contributed by atoms with Crippen LogP contribution in [0.4, 0.5) is 0 Å². The monoisotopic (exact) mass is 489 g/mol. The van der Waals surface area contributed by atoms with Gasteiger partial charge in [-0.3, -0.25) is 4.79 Å². The molecule has 0 saturated carbocycles. The molecule has 0 spiro atoms. The van der Waals surface area contributed by atoms with Gasteiger partial charge in [0.05, 0.1) is 30.3 Å². The molecule has 7 nitrogen and oxygen atoms in total. The maximum absolute atomic E-state index is 13.4. The predicted octanol–water partition coefficient (Wildman–Crippen LogP) is 4.38. The molecule has 1 aromatic carbocycles. The van der Waals surface area contributed by atoms with Crippen molar-refractivity contribution in [3.8, 4) is 0 Å². The van der Waals surface area contributed by atoms with Gasteiger partial charge >= 0.3 is 0 Å². The number of carbonyl (C=O) groups is 1. The van der Waals surface area contributed by atoms with Crippen LogP contribution in [0.5, 0.6) is 0 Å². The van der Waals surface area contributed by atoms with Gasteiger partial charge in [0.2, 0.25) is 20.9 Å². The van der Waals surface area contributed by atoms with Gasteiger partial charge in [0.25, 0.3) is 0 Å². The quantitative estimate of drug-likeness (QED) is 0.468. The molecule has 3 rings (SSSR count). The molecular weight excluding hydrogens is 450 g/mol. The Balaban J connectivity index is 1.92. The van der Waals surface area contributed by atoms with Crippen molar-refractivity contribution < 1.29 is 17.9 Å². The average Bonchev–Trinajstić information content (AvgIpc) is 3.39. The Bertz CT molecular complexity index is 1070. The van der Waals surface area contributed by atoms with E-state index in [2.05, 4.69) is 18.8 Å². The second-order valence-corrected chi connectivity index (χ2v) is 12.1. The third-order valence-electron chi connectivity index (χ3n) is 6.07. The Labute approximate surface area is 204 Å². The molecule has 1 aliphatic heterocycles. The highest BCUT2D eigenvalue weighted by Crippen LogP contribution is 2.23. The van der Waals surface area contributed by atoms with Crippen molar-refractivity contribution in [2.75, 3.05) is 13.2 Å². The van der Waals surface area contributed by atoms with E-state index >= 15 is 0 Å². The van der Waals surface area contributed by atoms with E-state index in [1.54, 1.807) is 10.8 Å². The van der Waals surface area contributed by atoms with Crippen LogP contribution in [-0.4, -0.2) is 48.0 Å². The summed E-state index contributed by atoms with van der Waals surface area (Å²) in [5.41, 5.74) is 2.46. The van der Waals surface area contributed by atoms with Crippen molar-refractivity contribution in [1.82, 2.24) is 14.5 Å². The third-order valence-corrected chi connectivity index (χ3v) is 7.64. The van der Waals surface area contributed by atoms with Crippen molar-refractivity contribution in [3.05, 3.63) is 47.3 Å². The lowest BCUT2D eigenvalue weighted by Crippen LogP contribution is -2.38. The SMILES string of the molecule is Cc1ccccc1CS(=O)(=O)c1ncc(CN(CC2CCCO2)C(=O)CC(C)C)n1CC(C)C. The van der Waals surface area contributed by atoms with E-state index in [1.807, 2.05) is 49.9 Å². The number of carbonyl (C=O) groups excluding carboxylic acids is 1. The summed E-state index contributed by atoms with van der Waals surface area (Å²) in [6.07, 6.45) is 4.04. The largest absolute Gasteiger partial charge is 0.376 e. The predicted molar refractivity (Wildman–Crippen MR) is 133 cm³/mol. The lowest BCUT2D eigenvalue weighted by molar-refractivity contribution is -0.134.